The number of nitrogens with zero attached hydrogens (tertiary/aromatic N) is 1. The minimum Gasteiger partial charge on any atom is -0.462 e. The van der Waals surface area contributed by atoms with Crippen LogP contribution in [0.5, 0.6) is 0 Å². The van der Waals surface area contributed by atoms with Crippen LogP contribution in [-0.4, -0.2) is 24.2 Å². The molecule has 0 fully saturated rings. The van der Waals surface area contributed by atoms with Crippen molar-refractivity contribution in [3.8, 4) is 6.07 Å². The molecule has 0 aliphatic heterocycles. The van der Waals surface area contributed by atoms with Gasteiger partial charge in [0.1, 0.15) is 15.9 Å². The van der Waals surface area contributed by atoms with Gasteiger partial charge < -0.3 is 10.1 Å². The number of amides is 1. The molecule has 1 aromatic carbocycles. The third kappa shape index (κ3) is 5.10. The standard InChI is InChI=1S/C19H20N2O3S2/c1-4-24-19(23)17-13(3)15(11-20)18(26-17)21-16(22)9-10-25-14-7-5-12(2)6-8-14/h5-8H,4,9-10H2,1-3H3,(H,21,22). The predicted molar refractivity (Wildman–Crippen MR) is 105 cm³/mol. The number of anilines is 1. The summed E-state index contributed by atoms with van der Waals surface area (Å²) in [6.45, 7) is 5.70. The van der Waals surface area contributed by atoms with Crippen LogP contribution in [0.1, 0.15) is 39.7 Å². The molecule has 1 N–H and O–H groups in total. The Labute approximate surface area is 161 Å². The lowest BCUT2D eigenvalue weighted by atomic mass is 10.2. The number of esters is 1. The first-order chi connectivity index (χ1) is 12.5. The molecule has 2 aromatic rings. The zero-order valence-electron chi connectivity index (χ0n) is 14.9. The number of thioether (sulfide) groups is 1. The molecule has 26 heavy (non-hydrogen) atoms. The Morgan fingerprint density at radius 3 is 2.58 bits per heavy atom. The Morgan fingerprint density at radius 2 is 1.96 bits per heavy atom. The maximum atomic E-state index is 12.2. The van der Waals surface area contributed by atoms with Gasteiger partial charge in [-0.3, -0.25) is 4.79 Å². The van der Waals surface area contributed by atoms with E-state index in [1.807, 2.05) is 31.2 Å². The molecule has 0 atom stereocenters. The summed E-state index contributed by atoms with van der Waals surface area (Å²) in [6, 6.07) is 10.2. The number of aryl methyl sites for hydroxylation is 1. The molecule has 0 radical (unpaired) electrons. The molecule has 2 rings (SSSR count). The summed E-state index contributed by atoms with van der Waals surface area (Å²) in [5.41, 5.74) is 2.06. The van der Waals surface area contributed by atoms with Crippen LogP contribution in [0.15, 0.2) is 29.2 Å². The largest absolute Gasteiger partial charge is 0.462 e. The van der Waals surface area contributed by atoms with E-state index >= 15 is 0 Å². The van der Waals surface area contributed by atoms with Gasteiger partial charge in [0.05, 0.1) is 12.2 Å². The van der Waals surface area contributed by atoms with Crippen LogP contribution in [0.2, 0.25) is 0 Å². The molecule has 0 saturated heterocycles. The van der Waals surface area contributed by atoms with Gasteiger partial charge in [0.25, 0.3) is 0 Å². The zero-order chi connectivity index (χ0) is 19.1. The third-order valence-electron chi connectivity index (χ3n) is 3.59. The number of thiophene rings is 1. The van der Waals surface area contributed by atoms with Gasteiger partial charge in [-0.2, -0.15) is 5.26 Å². The lowest BCUT2D eigenvalue weighted by Crippen LogP contribution is -2.12. The van der Waals surface area contributed by atoms with Crippen molar-refractivity contribution in [1.82, 2.24) is 0 Å². The molecule has 1 aromatic heterocycles. The molecule has 0 unspecified atom stereocenters. The van der Waals surface area contributed by atoms with E-state index in [0.717, 1.165) is 16.2 Å². The molecule has 0 spiro atoms. The van der Waals surface area contributed by atoms with Gasteiger partial charge >= 0.3 is 5.97 Å². The number of nitrogens with one attached hydrogen (secondary N) is 1. The molecule has 1 amide bonds. The Balaban J connectivity index is 1.97. The average Bonchev–Trinajstić information content (AvgIpc) is 2.92. The van der Waals surface area contributed by atoms with Gasteiger partial charge in [0.2, 0.25) is 5.91 Å². The van der Waals surface area contributed by atoms with Crippen LogP contribution in [0.25, 0.3) is 0 Å². The number of ether oxygens (including phenoxy) is 1. The van der Waals surface area contributed by atoms with Crippen molar-refractivity contribution < 1.29 is 14.3 Å². The average molecular weight is 389 g/mol. The highest BCUT2D eigenvalue weighted by atomic mass is 32.2. The van der Waals surface area contributed by atoms with E-state index in [4.69, 9.17) is 4.74 Å². The predicted octanol–water partition coefficient (Wildman–Crippen LogP) is 4.53. The highest BCUT2D eigenvalue weighted by Crippen LogP contribution is 2.33. The lowest BCUT2D eigenvalue weighted by molar-refractivity contribution is -0.115. The fourth-order valence-electron chi connectivity index (χ4n) is 2.21. The van der Waals surface area contributed by atoms with Gasteiger partial charge in [-0.25, -0.2) is 4.79 Å². The normalized spacial score (nSPS) is 10.2. The van der Waals surface area contributed by atoms with Crippen molar-refractivity contribution in [2.45, 2.75) is 32.1 Å². The molecule has 0 bridgehead atoms. The Morgan fingerprint density at radius 1 is 1.27 bits per heavy atom. The first kappa shape index (κ1) is 20.0. The van der Waals surface area contributed by atoms with E-state index in [1.54, 1.807) is 25.6 Å². The van der Waals surface area contributed by atoms with Crippen LogP contribution in [0, 0.1) is 25.2 Å². The maximum Gasteiger partial charge on any atom is 0.348 e. The second kappa shape index (κ2) is 9.41. The number of carbonyl (C=O) groups is 2. The highest BCUT2D eigenvalue weighted by Gasteiger charge is 2.22. The van der Waals surface area contributed by atoms with Crippen molar-refractivity contribution in [1.29, 1.82) is 5.26 Å². The van der Waals surface area contributed by atoms with E-state index in [-0.39, 0.29) is 12.5 Å². The smallest absolute Gasteiger partial charge is 0.348 e. The molecule has 1 heterocycles. The van der Waals surface area contributed by atoms with Gasteiger partial charge in [-0.05, 0) is 38.5 Å². The van der Waals surface area contributed by atoms with E-state index in [2.05, 4.69) is 11.4 Å². The number of carbonyl (C=O) groups excluding carboxylic acids is 2. The summed E-state index contributed by atoms with van der Waals surface area (Å²) in [5.74, 6) is -0.0222. The van der Waals surface area contributed by atoms with Crippen LogP contribution in [0.4, 0.5) is 5.00 Å². The van der Waals surface area contributed by atoms with E-state index in [1.165, 1.54) is 5.56 Å². The van der Waals surface area contributed by atoms with Crippen LogP contribution >= 0.6 is 23.1 Å². The second-order valence-corrected chi connectivity index (χ2v) is 7.74. The number of benzene rings is 1. The summed E-state index contributed by atoms with van der Waals surface area (Å²) >= 11 is 2.68. The van der Waals surface area contributed by atoms with E-state index in [9.17, 15) is 14.9 Å². The summed E-state index contributed by atoms with van der Waals surface area (Å²) in [4.78, 5) is 25.6. The second-order valence-electron chi connectivity index (χ2n) is 5.55. The molecule has 0 aliphatic rings. The zero-order valence-corrected chi connectivity index (χ0v) is 16.6. The Hall–Kier alpha value is -2.30. The Kier molecular flexibility index (Phi) is 7.25. The lowest BCUT2D eigenvalue weighted by Gasteiger charge is -2.04. The van der Waals surface area contributed by atoms with E-state index in [0.29, 0.717) is 33.2 Å². The molecule has 136 valence electrons. The van der Waals surface area contributed by atoms with Gasteiger partial charge in [0, 0.05) is 17.1 Å². The summed E-state index contributed by atoms with van der Waals surface area (Å²) < 4.78 is 4.99. The molecule has 0 aliphatic carbocycles. The topological polar surface area (TPSA) is 79.2 Å². The summed E-state index contributed by atoms with van der Waals surface area (Å²) in [5, 5.41) is 12.5. The number of hydrogen-bond acceptors (Lipinski definition) is 6. The van der Waals surface area contributed by atoms with Crippen molar-refractivity contribution in [2.24, 2.45) is 0 Å². The Bertz CT molecular complexity index is 836. The highest BCUT2D eigenvalue weighted by molar-refractivity contribution is 7.99. The van der Waals surface area contributed by atoms with Gasteiger partial charge in [-0.15, -0.1) is 23.1 Å². The number of nitriles is 1. The fourth-order valence-corrected chi connectivity index (χ4v) is 4.13. The molecule has 5 nitrogen and oxygen atoms in total. The molecule has 7 heteroatoms. The van der Waals surface area contributed by atoms with Crippen molar-refractivity contribution >= 4 is 40.0 Å². The van der Waals surface area contributed by atoms with Gasteiger partial charge in [0.15, 0.2) is 0 Å². The van der Waals surface area contributed by atoms with E-state index < -0.39 is 5.97 Å². The third-order valence-corrected chi connectivity index (χ3v) is 5.79. The van der Waals surface area contributed by atoms with Gasteiger partial charge in [-0.1, -0.05) is 17.7 Å². The SMILES string of the molecule is CCOC(=O)c1sc(NC(=O)CCSc2ccc(C)cc2)c(C#N)c1C. The summed E-state index contributed by atoms with van der Waals surface area (Å²) in [7, 11) is 0. The number of hydrogen-bond donors (Lipinski definition) is 1. The monoisotopic (exact) mass is 388 g/mol. The van der Waals surface area contributed by atoms with Crippen molar-refractivity contribution in [2.75, 3.05) is 17.7 Å². The molecular formula is C19H20N2O3S2. The quantitative estimate of drug-likeness (QED) is 0.557. The van der Waals surface area contributed by atoms with Crippen LogP contribution < -0.4 is 5.32 Å². The minimum atomic E-state index is -0.470. The fraction of sp³-hybridized carbons (Fsp3) is 0.316. The summed E-state index contributed by atoms with van der Waals surface area (Å²) in [6.07, 6.45) is 0.315. The van der Waals surface area contributed by atoms with Crippen molar-refractivity contribution in [3.63, 3.8) is 0 Å². The van der Waals surface area contributed by atoms with Crippen LogP contribution in [0.3, 0.4) is 0 Å². The first-order valence-corrected chi connectivity index (χ1v) is 9.96. The maximum absolute atomic E-state index is 12.2. The van der Waals surface area contributed by atoms with Crippen molar-refractivity contribution in [3.05, 3.63) is 45.8 Å². The minimum absolute atomic E-state index is 0.183. The number of rotatable bonds is 7. The van der Waals surface area contributed by atoms with Crippen LogP contribution in [-0.2, 0) is 9.53 Å². The first-order valence-electron chi connectivity index (χ1n) is 8.16. The molecule has 0 saturated carbocycles. The molecular weight excluding hydrogens is 368 g/mol.